The molecule has 2 aromatic heterocycles. The fraction of sp³-hybridized carbons (Fsp3) is 0.762. The number of H-pyrrole nitrogens is 1. The van der Waals surface area contributed by atoms with Gasteiger partial charge < -0.3 is 4.57 Å². The van der Waals surface area contributed by atoms with Gasteiger partial charge in [0.05, 0.1) is 0 Å². The average molecular weight is 409 g/mol. The summed E-state index contributed by atoms with van der Waals surface area (Å²) in [5.74, 6) is 0.952. The van der Waals surface area contributed by atoms with E-state index in [-0.39, 0.29) is 5.56 Å². The van der Waals surface area contributed by atoms with Gasteiger partial charge in [0.2, 0.25) is 0 Å². The maximum atomic E-state index is 12.4. The van der Waals surface area contributed by atoms with Crippen LogP contribution in [0.3, 0.4) is 0 Å². The summed E-state index contributed by atoms with van der Waals surface area (Å²) < 4.78 is 3.44. The number of thioether (sulfide) groups is 1. The lowest BCUT2D eigenvalue weighted by Gasteiger charge is -2.08. The van der Waals surface area contributed by atoms with Gasteiger partial charge in [-0.05, 0) is 12.8 Å². The third kappa shape index (κ3) is 6.26. The molecule has 0 amide bonds. The maximum absolute atomic E-state index is 12.4. The first-order chi connectivity index (χ1) is 13.6. The van der Waals surface area contributed by atoms with E-state index >= 15 is 0 Å². The molecular formula is C21H36N4O2S. The second-order valence-corrected chi connectivity index (χ2v) is 8.63. The van der Waals surface area contributed by atoms with Crippen LogP contribution in [0.2, 0.25) is 0 Å². The molecule has 2 rings (SSSR count). The number of unbranched alkanes of at least 4 members (excludes halogenated alkanes) is 9. The van der Waals surface area contributed by atoms with Gasteiger partial charge in [-0.3, -0.25) is 14.3 Å². The van der Waals surface area contributed by atoms with E-state index in [1.54, 1.807) is 18.8 Å². The Balaban J connectivity index is 1.93. The Morgan fingerprint density at radius 1 is 0.893 bits per heavy atom. The predicted octanol–water partition coefficient (Wildman–Crippen LogP) is 4.85. The van der Waals surface area contributed by atoms with E-state index in [1.165, 1.54) is 55.9 Å². The molecule has 0 bridgehead atoms. The Morgan fingerprint density at radius 2 is 1.50 bits per heavy atom. The van der Waals surface area contributed by atoms with Gasteiger partial charge in [-0.25, -0.2) is 9.78 Å². The number of hydrogen-bond acceptors (Lipinski definition) is 4. The SMILES string of the molecule is CCCCCCCCCCCCn1c(SCCC)nc2c1c(=O)[nH]c(=O)n2C. The minimum absolute atomic E-state index is 0.332. The highest BCUT2D eigenvalue weighted by Gasteiger charge is 2.17. The molecule has 0 saturated carbocycles. The van der Waals surface area contributed by atoms with Crippen molar-refractivity contribution in [3.05, 3.63) is 20.8 Å². The van der Waals surface area contributed by atoms with Crippen molar-refractivity contribution in [2.24, 2.45) is 7.05 Å². The molecular weight excluding hydrogens is 372 g/mol. The highest BCUT2D eigenvalue weighted by atomic mass is 32.2. The van der Waals surface area contributed by atoms with Gasteiger partial charge in [-0.1, -0.05) is 83.4 Å². The summed E-state index contributed by atoms with van der Waals surface area (Å²) in [5, 5.41) is 0.847. The van der Waals surface area contributed by atoms with Gasteiger partial charge in [0.25, 0.3) is 5.56 Å². The Labute approximate surface area is 172 Å². The largest absolute Gasteiger partial charge is 0.329 e. The normalized spacial score (nSPS) is 11.5. The zero-order valence-corrected chi connectivity index (χ0v) is 18.6. The van der Waals surface area contributed by atoms with Crippen LogP contribution >= 0.6 is 11.8 Å². The number of fused-ring (bicyclic) bond motifs is 1. The smallest absolute Gasteiger partial charge is 0.313 e. The molecule has 0 aliphatic rings. The Kier molecular flexibility index (Phi) is 9.88. The Hall–Kier alpha value is -1.50. The van der Waals surface area contributed by atoms with Crippen LogP contribution in [0.25, 0.3) is 11.2 Å². The lowest BCUT2D eigenvalue weighted by molar-refractivity contribution is 0.527. The highest BCUT2D eigenvalue weighted by molar-refractivity contribution is 7.99. The van der Waals surface area contributed by atoms with Crippen LogP contribution < -0.4 is 11.2 Å². The van der Waals surface area contributed by atoms with Gasteiger partial charge in [0.1, 0.15) is 0 Å². The number of rotatable bonds is 14. The monoisotopic (exact) mass is 408 g/mol. The summed E-state index contributed by atoms with van der Waals surface area (Å²) >= 11 is 1.66. The van der Waals surface area contributed by atoms with Crippen LogP contribution in [-0.4, -0.2) is 24.9 Å². The molecule has 0 atom stereocenters. The molecule has 2 aromatic rings. The lowest BCUT2D eigenvalue weighted by Crippen LogP contribution is -2.29. The highest BCUT2D eigenvalue weighted by Crippen LogP contribution is 2.23. The van der Waals surface area contributed by atoms with Gasteiger partial charge in [-0.2, -0.15) is 0 Å². The fourth-order valence-electron chi connectivity index (χ4n) is 3.48. The van der Waals surface area contributed by atoms with Crippen LogP contribution in [0, 0.1) is 0 Å². The summed E-state index contributed by atoms with van der Waals surface area (Å²) in [7, 11) is 1.66. The van der Waals surface area contributed by atoms with Crippen molar-refractivity contribution in [2.45, 2.75) is 96.2 Å². The van der Waals surface area contributed by atoms with Crippen LogP contribution in [-0.2, 0) is 13.6 Å². The molecule has 158 valence electrons. The molecule has 0 spiro atoms. The number of nitrogens with one attached hydrogen (secondary N) is 1. The minimum Gasteiger partial charge on any atom is -0.313 e. The van der Waals surface area contributed by atoms with E-state index < -0.39 is 5.69 Å². The second kappa shape index (κ2) is 12.1. The molecule has 0 aromatic carbocycles. The Morgan fingerprint density at radius 3 is 2.11 bits per heavy atom. The summed E-state index contributed by atoms with van der Waals surface area (Å²) in [6.45, 7) is 5.16. The summed E-state index contributed by atoms with van der Waals surface area (Å²) in [5.41, 5.74) is 0.269. The van der Waals surface area contributed by atoms with Gasteiger partial charge in [0.15, 0.2) is 16.3 Å². The Bertz CT molecular complexity index is 837. The molecule has 0 fully saturated rings. The first kappa shape index (κ1) is 22.8. The van der Waals surface area contributed by atoms with Gasteiger partial charge >= 0.3 is 5.69 Å². The molecule has 28 heavy (non-hydrogen) atoms. The quantitative estimate of drug-likeness (QED) is 0.358. The van der Waals surface area contributed by atoms with Crippen molar-refractivity contribution < 1.29 is 0 Å². The predicted molar refractivity (Wildman–Crippen MR) is 118 cm³/mol. The molecule has 7 heteroatoms. The third-order valence-electron chi connectivity index (χ3n) is 5.14. The standard InChI is InChI=1S/C21H36N4O2S/c1-4-6-7-8-9-10-11-12-13-14-15-25-17-18(22-21(25)28-16-5-2)24(3)20(27)23-19(17)26/h4-16H2,1-3H3,(H,23,26,27). The van der Waals surface area contributed by atoms with Crippen LogP contribution in [0.15, 0.2) is 14.7 Å². The van der Waals surface area contributed by atoms with E-state index in [1.807, 2.05) is 4.57 Å². The maximum Gasteiger partial charge on any atom is 0.329 e. The van der Waals surface area contributed by atoms with Crippen LogP contribution in [0.1, 0.15) is 84.5 Å². The molecule has 0 saturated heterocycles. The number of nitrogens with zero attached hydrogens (tertiary/aromatic N) is 3. The van der Waals surface area contributed by atoms with Gasteiger partial charge in [0, 0.05) is 19.3 Å². The first-order valence-corrected chi connectivity index (χ1v) is 11.9. The van der Waals surface area contributed by atoms with Crippen LogP contribution in [0.4, 0.5) is 0 Å². The van der Waals surface area contributed by atoms with Crippen molar-refractivity contribution in [3.63, 3.8) is 0 Å². The van der Waals surface area contributed by atoms with E-state index in [2.05, 4.69) is 23.8 Å². The number of aromatic nitrogens is 4. The van der Waals surface area contributed by atoms with Crippen molar-refractivity contribution in [1.82, 2.24) is 19.1 Å². The fourth-order valence-corrected chi connectivity index (χ4v) is 4.36. The van der Waals surface area contributed by atoms with Crippen molar-refractivity contribution >= 4 is 22.9 Å². The molecule has 2 heterocycles. The lowest BCUT2D eigenvalue weighted by atomic mass is 10.1. The molecule has 1 N–H and O–H groups in total. The van der Waals surface area contributed by atoms with E-state index in [0.29, 0.717) is 11.2 Å². The van der Waals surface area contributed by atoms with Crippen molar-refractivity contribution in [1.29, 1.82) is 0 Å². The van der Waals surface area contributed by atoms with E-state index in [4.69, 9.17) is 0 Å². The summed E-state index contributed by atoms with van der Waals surface area (Å²) in [6, 6.07) is 0. The zero-order valence-electron chi connectivity index (χ0n) is 17.8. The second-order valence-electron chi connectivity index (χ2n) is 7.57. The number of hydrogen-bond donors (Lipinski definition) is 1. The molecule has 0 unspecified atom stereocenters. The molecule has 0 aliphatic carbocycles. The average Bonchev–Trinajstić information content (AvgIpc) is 3.05. The first-order valence-electron chi connectivity index (χ1n) is 10.9. The minimum atomic E-state index is -0.409. The van der Waals surface area contributed by atoms with Crippen LogP contribution in [0.5, 0.6) is 0 Å². The summed E-state index contributed by atoms with van der Waals surface area (Å²) in [6.07, 6.45) is 13.9. The zero-order chi connectivity index (χ0) is 20.4. The number of imidazole rings is 1. The van der Waals surface area contributed by atoms with E-state index in [0.717, 1.165) is 36.7 Å². The number of aryl methyl sites for hydroxylation is 2. The number of aromatic amines is 1. The third-order valence-corrected chi connectivity index (χ3v) is 6.32. The topological polar surface area (TPSA) is 72.7 Å². The van der Waals surface area contributed by atoms with Crippen molar-refractivity contribution in [3.8, 4) is 0 Å². The summed E-state index contributed by atoms with van der Waals surface area (Å²) in [4.78, 5) is 31.3. The molecule has 6 nitrogen and oxygen atoms in total. The molecule has 0 radical (unpaired) electrons. The van der Waals surface area contributed by atoms with E-state index in [9.17, 15) is 9.59 Å². The van der Waals surface area contributed by atoms with Crippen molar-refractivity contribution in [2.75, 3.05) is 5.75 Å². The molecule has 0 aliphatic heterocycles. The van der Waals surface area contributed by atoms with Gasteiger partial charge in [-0.15, -0.1) is 0 Å².